The first-order chi connectivity index (χ1) is 54.6. The molecule has 0 heterocycles. The Morgan fingerprint density at radius 2 is 0.395 bits per heavy atom. The fourth-order valence-corrected chi connectivity index (χ4v) is 11.0. The number of benzene rings is 12. The van der Waals surface area contributed by atoms with Crippen LogP contribution in [0.5, 0.6) is 69.0 Å². The molecule has 12 rings (SSSR count). The van der Waals surface area contributed by atoms with E-state index in [9.17, 15) is 43.8 Å². The van der Waals surface area contributed by atoms with Gasteiger partial charge in [0, 0.05) is 58.8 Å². The van der Waals surface area contributed by atoms with Crippen LogP contribution in [-0.2, 0) is 46.0 Å². The summed E-state index contributed by atoms with van der Waals surface area (Å²) in [5.41, 5.74) is 9.36. The van der Waals surface area contributed by atoms with Gasteiger partial charge >= 0.3 is 18.5 Å². The highest BCUT2D eigenvalue weighted by atomic mass is 16.7. The molecule has 0 fully saturated rings. The molecule has 0 bridgehead atoms. The molecule has 0 aliphatic heterocycles. The first-order valence-corrected chi connectivity index (χ1v) is 35.5. The van der Waals surface area contributed by atoms with Gasteiger partial charge in [-0.2, -0.15) is 0 Å². The normalized spacial score (nSPS) is 10.5. The summed E-state index contributed by atoms with van der Waals surface area (Å²) in [6.07, 6.45) is -1.38. The van der Waals surface area contributed by atoms with E-state index in [-0.39, 0.29) is 94.1 Å². The Balaban J connectivity index is 0.000000189. The number of phenolic OH excluding ortho intramolecular Hbond substituents is 6. The summed E-state index contributed by atoms with van der Waals surface area (Å²) in [4.78, 5) is 83.1. The molecule has 0 atom stereocenters. The van der Waals surface area contributed by atoms with Crippen molar-refractivity contribution in [2.75, 3.05) is 28.4 Å². The molecule has 21 nitrogen and oxygen atoms in total. The second kappa shape index (κ2) is 41.4. The highest BCUT2D eigenvalue weighted by Gasteiger charge is 2.25. The standard InChI is InChI=1S/C33H30O8.C17H16O5.C15H16O2.2C14H12O3/c1-33(2,24-9-17-28(18-10-24)39-31(35)38-4)25-11-19-29(20-12-25)41-32(36)40-27-13-5-22(6-14-27)21-30(34)23-7-15-26(37-3)16-8-23;1-20-14-9-5-13(6-10-14)16(18)11-12-3-7-15(8-4-12)22-17(19)21-2;1-15(2,11-3-7-13(16)8-4-11)12-5-9-14(17)10-6-12;2*15-12-5-1-10(2-6-12)9-14(17)11-3-7-13(16)8-4-11/h5-20H,21H2,1-4H3;3-10H,11H2,1-2H3;3-10,16-17H,1-2H3;2*1-8,15-16H,9H2. The molecular weight excluding hydrogens is 1450 g/mol. The second-order valence-electron chi connectivity index (χ2n) is 26.5. The number of Topliss-reactive ketones (excluding diaryl/α,β-unsaturated/α-hetero) is 4. The van der Waals surface area contributed by atoms with Crippen LogP contribution in [-0.4, -0.2) is 101 Å². The maximum Gasteiger partial charge on any atom is 0.519 e. The smallest absolute Gasteiger partial charge is 0.508 e. The largest absolute Gasteiger partial charge is 0.519 e. The molecule has 12 aromatic rings. The molecule has 114 heavy (non-hydrogen) atoms. The maximum absolute atomic E-state index is 12.5. The Labute approximate surface area is 660 Å². The maximum atomic E-state index is 12.5. The highest BCUT2D eigenvalue weighted by Crippen LogP contribution is 2.36. The summed E-state index contributed by atoms with van der Waals surface area (Å²) in [5.74, 6) is 3.92. The van der Waals surface area contributed by atoms with Gasteiger partial charge in [-0.15, -0.1) is 0 Å². The van der Waals surface area contributed by atoms with Gasteiger partial charge in [-0.1, -0.05) is 125 Å². The second-order valence-corrected chi connectivity index (χ2v) is 26.5. The van der Waals surface area contributed by atoms with E-state index in [2.05, 4.69) is 37.2 Å². The molecule has 12 aromatic carbocycles. The number of ether oxygens (including phenoxy) is 8. The van der Waals surface area contributed by atoms with Crippen LogP contribution in [0.1, 0.15) is 114 Å². The van der Waals surface area contributed by atoms with Crippen molar-refractivity contribution in [2.45, 2.75) is 64.2 Å². The van der Waals surface area contributed by atoms with E-state index in [1.54, 1.807) is 233 Å². The van der Waals surface area contributed by atoms with Gasteiger partial charge < -0.3 is 68.5 Å². The predicted molar refractivity (Wildman–Crippen MR) is 430 cm³/mol. The summed E-state index contributed by atoms with van der Waals surface area (Å²) in [5, 5.41) is 55.1. The SMILES string of the molecule is CC(C)(c1ccc(O)cc1)c1ccc(O)cc1.COC(=O)Oc1ccc(C(C)(C)c2ccc(OC(=O)Oc3ccc(CC(=O)c4ccc(OC)cc4)cc3)cc2)cc1.COC(=O)Oc1ccc(CC(=O)c2ccc(OC)cc2)cc1.O=C(Cc1ccc(O)cc1)c1ccc(O)cc1.O=C(Cc1ccc(O)cc1)c1ccc(O)cc1. The molecular formula is C93H86O21. The van der Waals surface area contributed by atoms with Crippen LogP contribution in [0.2, 0.25) is 0 Å². The Bertz CT molecular complexity index is 4960. The third kappa shape index (κ3) is 26.4. The van der Waals surface area contributed by atoms with E-state index in [4.69, 9.17) is 48.8 Å². The molecule has 0 amide bonds. The van der Waals surface area contributed by atoms with Crippen LogP contribution in [0, 0.1) is 0 Å². The average molecular weight is 1540 g/mol. The first-order valence-electron chi connectivity index (χ1n) is 35.5. The van der Waals surface area contributed by atoms with Gasteiger partial charge in [-0.3, -0.25) is 19.2 Å². The lowest BCUT2D eigenvalue weighted by molar-refractivity contribution is 0.0984. The zero-order valence-corrected chi connectivity index (χ0v) is 63.8. The van der Waals surface area contributed by atoms with Gasteiger partial charge in [0.05, 0.1) is 28.4 Å². The van der Waals surface area contributed by atoms with Crippen molar-refractivity contribution >= 4 is 41.6 Å². The molecule has 0 aliphatic rings. The fourth-order valence-electron chi connectivity index (χ4n) is 11.0. The van der Waals surface area contributed by atoms with Gasteiger partial charge in [-0.05, 0) is 239 Å². The third-order valence-corrected chi connectivity index (χ3v) is 17.8. The molecule has 6 N–H and O–H groups in total. The summed E-state index contributed by atoms with van der Waals surface area (Å²) in [6.45, 7) is 8.35. The number of carbonyl (C=O) groups is 7. The van der Waals surface area contributed by atoms with Crippen molar-refractivity contribution in [1.82, 2.24) is 0 Å². The van der Waals surface area contributed by atoms with Crippen molar-refractivity contribution in [2.24, 2.45) is 0 Å². The summed E-state index contributed by atoms with van der Waals surface area (Å²) in [7, 11) is 5.64. The van der Waals surface area contributed by atoms with Crippen molar-refractivity contribution < 1.29 is 102 Å². The fraction of sp³-hybridized carbons (Fsp3) is 0.151. The number of rotatable bonds is 22. The van der Waals surface area contributed by atoms with E-state index in [1.807, 2.05) is 48.5 Å². The number of aromatic hydroxyl groups is 6. The Morgan fingerprint density at radius 3 is 0.614 bits per heavy atom. The first kappa shape index (κ1) is 85.1. The van der Waals surface area contributed by atoms with Crippen molar-refractivity contribution in [3.63, 3.8) is 0 Å². The van der Waals surface area contributed by atoms with Crippen LogP contribution in [0.3, 0.4) is 0 Å². The van der Waals surface area contributed by atoms with Crippen molar-refractivity contribution in [1.29, 1.82) is 0 Å². The van der Waals surface area contributed by atoms with E-state index in [0.29, 0.717) is 56.8 Å². The van der Waals surface area contributed by atoms with Crippen LogP contribution in [0.4, 0.5) is 14.4 Å². The molecule has 21 heteroatoms. The molecule has 0 saturated carbocycles. The molecule has 0 unspecified atom stereocenters. The van der Waals surface area contributed by atoms with Gasteiger partial charge in [0.2, 0.25) is 0 Å². The Hall–Kier alpha value is -14.5. The minimum atomic E-state index is -0.875. The number of carbonyl (C=O) groups excluding carboxylic acids is 7. The van der Waals surface area contributed by atoms with Gasteiger partial charge in [0.1, 0.15) is 69.0 Å². The van der Waals surface area contributed by atoms with Crippen LogP contribution < -0.4 is 28.4 Å². The minimum absolute atomic E-state index is 0.00397. The van der Waals surface area contributed by atoms with Crippen molar-refractivity contribution in [3.05, 3.63) is 358 Å². The summed E-state index contributed by atoms with van der Waals surface area (Å²) < 4.78 is 39.6. The number of methoxy groups -OCH3 is 4. The monoisotopic (exact) mass is 1540 g/mol. The van der Waals surface area contributed by atoms with E-state index >= 15 is 0 Å². The molecule has 0 spiro atoms. The molecule has 0 aromatic heterocycles. The minimum Gasteiger partial charge on any atom is -0.508 e. The number of hydrogen-bond acceptors (Lipinski definition) is 21. The molecule has 0 aliphatic carbocycles. The summed E-state index contributed by atoms with van der Waals surface area (Å²) >= 11 is 0. The van der Waals surface area contributed by atoms with Crippen molar-refractivity contribution in [3.8, 4) is 69.0 Å². The molecule has 0 radical (unpaired) electrons. The van der Waals surface area contributed by atoms with E-state index in [0.717, 1.165) is 44.5 Å². The number of ketones is 4. The predicted octanol–water partition coefficient (Wildman–Crippen LogP) is 18.9. The number of phenols is 6. The van der Waals surface area contributed by atoms with E-state index in [1.165, 1.54) is 38.5 Å². The lowest BCUT2D eigenvalue weighted by Gasteiger charge is -2.26. The Morgan fingerprint density at radius 1 is 0.228 bits per heavy atom. The quantitative estimate of drug-likeness (QED) is 0.0209. The van der Waals surface area contributed by atoms with Crippen LogP contribution >= 0.6 is 0 Å². The van der Waals surface area contributed by atoms with Gasteiger partial charge in [-0.25, -0.2) is 14.4 Å². The topological polar surface area (TPSA) is 315 Å². The average Bonchev–Trinajstić information content (AvgIpc) is 0.808. The number of hydrogen-bond donors (Lipinski definition) is 6. The zero-order valence-electron chi connectivity index (χ0n) is 63.8. The van der Waals surface area contributed by atoms with E-state index < -0.39 is 18.5 Å². The lowest BCUT2D eigenvalue weighted by Crippen LogP contribution is -2.19. The highest BCUT2D eigenvalue weighted by molar-refractivity contribution is 5.99. The van der Waals surface area contributed by atoms with Gasteiger partial charge in [0.25, 0.3) is 0 Å². The zero-order chi connectivity index (χ0) is 82.3. The lowest BCUT2D eigenvalue weighted by atomic mass is 9.78. The third-order valence-electron chi connectivity index (χ3n) is 17.8. The Kier molecular flexibility index (Phi) is 30.9. The molecule has 584 valence electrons. The van der Waals surface area contributed by atoms with Gasteiger partial charge in [0.15, 0.2) is 23.1 Å². The van der Waals surface area contributed by atoms with Crippen LogP contribution in [0.25, 0.3) is 0 Å². The molecule has 0 saturated heterocycles. The summed E-state index contributed by atoms with van der Waals surface area (Å²) in [6, 6.07) is 81.5. The van der Waals surface area contributed by atoms with Crippen LogP contribution in [0.15, 0.2) is 291 Å².